The summed E-state index contributed by atoms with van der Waals surface area (Å²) in [5.41, 5.74) is 1.40. The van der Waals surface area contributed by atoms with Crippen molar-refractivity contribution in [2.75, 3.05) is 0 Å². The minimum atomic E-state index is 1.21. The maximum absolute atomic E-state index is 2.42. The second kappa shape index (κ2) is 10.4. The highest BCUT2D eigenvalue weighted by atomic mass is 14.0. The van der Waals surface area contributed by atoms with E-state index in [2.05, 4.69) is 55.8 Å². The third-order valence-corrected chi connectivity index (χ3v) is 4.50. The second-order valence-electron chi connectivity index (χ2n) is 6.39. The largest absolute Gasteiger partial charge is 0.0654 e. The molecular formula is C22H31. The van der Waals surface area contributed by atoms with E-state index in [1.807, 2.05) is 0 Å². The van der Waals surface area contributed by atoms with Gasteiger partial charge in [-0.2, -0.15) is 0 Å². The predicted molar refractivity (Wildman–Crippen MR) is 99.2 cm³/mol. The molecule has 0 heteroatoms. The van der Waals surface area contributed by atoms with Gasteiger partial charge in [-0.25, -0.2) is 0 Å². The molecule has 0 bridgehead atoms. The van der Waals surface area contributed by atoms with Gasteiger partial charge in [-0.15, -0.1) is 0 Å². The van der Waals surface area contributed by atoms with Crippen molar-refractivity contribution < 1.29 is 0 Å². The molecule has 0 aromatic heterocycles. The summed E-state index contributed by atoms with van der Waals surface area (Å²) in [6.07, 6.45) is 16.3. The third-order valence-electron chi connectivity index (χ3n) is 4.50. The lowest BCUT2D eigenvalue weighted by molar-refractivity contribution is 0.564. The van der Waals surface area contributed by atoms with Gasteiger partial charge in [0.05, 0.1) is 0 Å². The average Bonchev–Trinajstić information content (AvgIpc) is 2.56. The van der Waals surface area contributed by atoms with Crippen LogP contribution in [0.5, 0.6) is 0 Å². The fourth-order valence-electron chi connectivity index (χ4n) is 3.14. The Labute approximate surface area is 136 Å². The van der Waals surface area contributed by atoms with Crippen LogP contribution in [0.4, 0.5) is 0 Å². The van der Waals surface area contributed by atoms with Gasteiger partial charge in [0.15, 0.2) is 0 Å². The Bertz CT molecular complexity index is 521. The van der Waals surface area contributed by atoms with Crippen molar-refractivity contribution in [1.82, 2.24) is 0 Å². The third kappa shape index (κ3) is 5.83. The summed E-state index contributed by atoms with van der Waals surface area (Å²) in [7, 11) is 0. The zero-order valence-electron chi connectivity index (χ0n) is 14.2. The summed E-state index contributed by atoms with van der Waals surface area (Å²) in [5, 5.41) is 2.74. The molecule has 0 aliphatic rings. The van der Waals surface area contributed by atoms with Crippen LogP contribution in [-0.4, -0.2) is 0 Å². The summed E-state index contributed by atoms with van der Waals surface area (Å²) < 4.78 is 0. The van der Waals surface area contributed by atoms with Gasteiger partial charge >= 0.3 is 0 Å². The first-order valence-corrected chi connectivity index (χ1v) is 9.23. The number of rotatable bonds is 11. The van der Waals surface area contributed by atoms with E-state index in [0.29, 0.717) is 0 Å². The number of hydrogen-bond donors (Lipinski definition) is 0. The number of unbranched alkanes of at least 4 members (excludes halogenated alkanes) is 9. The first kappa shape index (κ1) is 17.1. The molecule has 119 valence electrons. The van der Waals surface area contributed by atoms with Gasteiger partial charge in [-0.05, 0) is 29.2 Å². The summed E-state index contributed by atoms with van der Waals surface area (Å²) in [6, 6.07) is 15.3. The van der Waals surface area contributed by atoms with Gasteiger partial charge in [0, 0.05) is 0 Å². The zero-order valence-corrected chi connectivity index (χ0v) is 14.2. The van der Waals surface area contributed by atoms with Crippen LogP contribution >= 0.6 is 0 Å². The van der Waals surface area contributed by atoms with E-state index in [1.165, 1.54) is 80.5 Å². The fourth-order valence-corrected chi connectivity index (χ4v) is 3.14. The molecule has 0 spiro atoms. The van der Waals surface area contributed by atoms with E-state index in [9.17, 15) is 0 Å². The van der Waals surface area contributed by atoms with E-state index in [1.54, 1.807) is 0 Å². The van der Waals surface area contributed by atoms with Crippen LogP contribution in [0, 0.1) is 6.42 Å². The highest BCUT2D eigenvalue weighted by Crippen LogP contribution is 2.22. The van der Waals surface area contributed by atoms with Crippen LogP contribution in [0.25, 0.3) is 10.8 Å². The van der Waals surface area contributed by atoms with Crippen LogP contribution in [0.15, 0.2) is 42.5 Å². The Kier molecular flexibility index (Phi) is 8.09. The number of benzene rings is 2. The van der Waals surface area contributed by atoms with Crippen molar-refractivity contribution in [3.63, 3.8) is 0 Å². The summed E-state index contributed by atoms with van der Waals surface area (Å²) >= 11 is 0. The molecule has 0 amide bonds. The van der Waals surface area contributed by atoms with E-state index in [4.69, 9.17) is 0 Å². The molecule has 2 aromatic carbocycles. The van der Waals surface area contributed by atoms with Gasteiger partial charge in [0.1, 0.15) is 0 Å². The summed E-state index contributed by atoms with van der Waals surface area (Å²) in [4.78, 5) is 0. The van der Waals surface area contributed by atoms with Crippen LogP contribution in [0.1, 0.15) is 76.7 Å². The lowest BCUT2D eigenvalue weighted by Crippen LogP contribution is -1.86. The maximum atomic E-state index is 2.42. The molecule has 22 heavy (non-hydrogen) atoms. The van der Waals surface area contributed by atoms with Gasteiger partial charge in [-0.1, -0.05) is 107 Å². The van der Waals surface area contributed by atoms with Crippen LogP contribution < -0.4 is 0 Å². The molecule has 1 radical (unpaired) electrons. The van der Waals surface area contributed by atoms with E-state index in [0.717, 1.165) is 0 Å². The van der Waals surface area contributed by atoms with Crippen molar-refractivity contribution in [3.8, 4) is 0 Å². The maximum Gasteiger partial charge on any atom is -0.00867 e. The van der Waals surface area contributed by atoms with Gasteiger partial charge < -0.3 is 0 Å². The zero-order chi connectivity index (χ0) is 15.5. The highest BCUT2D eigenvalue weighted by molar-refractivity contribution is 5.86. The quantitative estimate of drug-likeness (QED) is 0.381. The topological polar surface area (TPSA) is 0 Å². The Morgan fingerprint density at radius 2 is 1.32 bits per heavy atom. The molecule has 0 saturated carbocycles. The Morgan fingerprint density at radius 3 is 2.09 bits per heavy atom. The lowest BCUT2D eigenvalue weighted by Gasteiger charge is -2.06. The predicted octanol–water partition coefficient (Wildman–Crippen LogP) is 7.31. The Hall–Kier alpha value is -1.30. The molecule has 0 heterocycles. The summed E-state index contributed by atoms with van der Waals surface area (Å²) in [5.74, 6) is 0. The molecule has 0 fully saturated rings. The van der Waals surface area contributed by atoms with E-state index in [-0.39, 0.29) is 0 Å². The SMILES string of the molecule is CCCCCCCCCCC[CH]c1cccc2ccccc12. The monoisotopic (exact) mass is 295 g/mol. The Morgan fingerprint density at radius 1 is 0.682 bits per heavy atom. The first-order chi connectivity index (χ1) is 10.9. The highest BCUT2D eigenvalue weighted by Gasteiger charge is 2.00. The standard InChI is InChI=1S/C22H31/c1-2-3-4-5-6-7-8-9-10-11-15-20-17-14-18-21-16-12-13-19-22(20)21/h12-19H,2-11H2,1H3. The van der Waals surface area contributed by atoms with Gasteiger partial charge in [0.2, 0.25) is 0 Å². The molecule has 0 unspecified atom stereocenters. The van der Waals surface area contributed by atoms with E-state index >= 15 is 0 Å². The minimum absolute atomic E-state index is 1.21. The van der Waals surface area contributed by atoms with Crippen molar-refractivity contribution in [2.45, 2.75) is 71.1 Å². The van der Waals surface area contributed by atoms with Gasteiger partial charge in [0.25, 0.3) is 0 Å². The van der Waals surface area contributed by atoms with Crippen molar-refractivity contribution >= 4 is 10.8 Å². The van der Waals surface area contributed by atoms with Gasteiger partial charge in [-0.3, -0.25) is 0 Å². The number of hydrogen-bond acceptors (Lipinski definition) is 0. The minimum Gasteiger partial charge on any atom is -0.0654 e. The molecular weight excluding hydrogens is 264 g/mol. The molecule has 0 aliphatic carbocycles. The van der Waals surface area contributed by atoms with Crippen LogP contribution in [0.3, 0.4) is 0 Å². The Balaban J connectivity index is 1.59. The second-order valence-corrected chi connectivity index (χ2v) is 6.39. The molecule has 2 aromatic rings. The summed E-state index contributed by atoms with van der Waals surface area (Å²) in [6.45, 7) is 2.28. The molecule has 0 N–H and O–H groups in total. The van der Waals surface area contributed by atoms with Crippen LogP contribution in [0.2, 0.25) is 0 Å². The number of fused-ring (bicyclic) bond motifs is 1. The normalized spacial score (nSPS) is 11.1. The van der Waals surface area contributed by atoms with Crippen molar-refractivity contribution in [2.24, 2.45) is 0 Å². The lowest BCUT2D eigenvalue weighted by atomic mass is 9.99. The van der Waals surface area contributed by atoms with E-state index < -0.39 is 0 Å². The van der Waals surface area contributed by atoms with Crippen LogP contribution in [-0.2, 0) is 0 Å². The molecule has 0 atom stereocenters. The van der Waals surface area contributed by atoms with Crippen molar-refractivity contribution in [1.29, 1.82) is 0 Å². The fraction of sp³-hybridized carbons (Fsp3) is 0.500. The average molecular weight is 295 g/mol. The molecule has 2 rings (SSSR count). The molecule has 0 saturated heterocycles. The molecule has 0 nitrogen and oxygen atoms in total. The smallest absolute Gasteiger partial charge is 0.00867 e. The van der Waals surface area contributed by atoms with Crippen molar-refractivity contribution in [3.05, 3.63) is 54.4 Å². The first-order valence-electron chi connectivity index (χ1n) is 9.23. The molecule has 0 aliphatic heterocycles.